The molecule has 0 aliphatic rings. The van der Waals surface area contributed by atoms with Crippen molar-refractivity contribution in [1.82, 2.24) is 0 Å². The highest BCUT2D eigenvalue weighted by atomic mass is 16.3. The Balaban J connectivity index is 3.43. The van der Waals surface area contributed by atoms with Gasteiger partial charge in [-0.15, -0.1) is 5.73 Å². The normalized spacial score (nSPS) is 11.9. The lowest BCUT2D eigenvalue weighted by Crippen LogP contribution is -1.99. The van der Waals surface area contributed by atoms with Crippen molar-refractivity contribution in [3.8, 4) is 0 Å². The van der Waals surface area contributed by atoms with Gasteiger partial charge in [-0.05, 0) is 25.5 Å². The first-order valence-corrected chi connectivity index (χ1v) is 3.86. The second-order valence-corrected chi connectivity index (χ2v) is 2.33. The van der Waals surface area contributed by atoms with E-state index in [-0.39, 0.29) is 6.10 Å². The third-order valence-corrected chi connectivity index (χ3v) is 1.31. The predicted molar refractivity (Wildman–Crippen MR) is 43.9 cm³/mol. The first kappa shape index (κ1) is 9.48. The smallest absolute Gasteiger partial charge is 0.0794 e. The molecule has 1 heteroatoms. The fraction of sp³-hybridized carbons (Fsp3) is 0.667. The molecule has 0 aromatic heterocycles. The van der Waals surface area contributed by atoms with Crippen LogP contribution in [-0.4, -0.2) is 11.2 Å². The van der Waals surface area contributed by atoms with Gasteiger partial charge in [-0.3, -0.25) is 0 Å². The lowest BCUT2D eigenvalue weighted by Gasteiger charge is -2.00. The average molecular weight is 140 g/mol. The topological polar surface area (TPSA) is 20.2 Å². The molecular formula is C9H16O. The van der Waals surface area contributed by atoms with E-state index in [1.165, 1.54) is 0 Å². The zero-order valence-corrected chi connectivity index (χ0v) is 6.80. The van der Waals surface area contributed by atoms with Crippen LogP contribution in [0.1, 0.15) is 33.1 Å². The van der Waals surface area contributed by atoms with Gasteiger partial charge in [-0.25, -0.2) is 0 Å². The number of hydrogen-bond acceptors (Lipinski definition) is 1. The molecule has 1 N–H and O–H groups in total. The third kappa shape index (κ3) is 5.61. The van der Waals surface area contributed by atoms with Crippen LogP contribution >= 0.6 is 0 Å². The van der Waals surface area contributed by atoms with Crippen LogP contribution in [-0.2, 0) is 0 Å². The summed E-state index contributed by atoms with van der Waals surface area (Å²) in [6.45, 7) is 4.01. The molecule has 0 heterocycles. The van der Waals surface area contributed by atoms with Crippen LogP contribution < -0.4 is 0 Å². The highest BCUT2D eigenvalue weighted by molar-refractivity contribution is 4.87. The molecule has 0 aliphatic heterocycles. The van der Waals surface area contributed by atoms with Crippen molar-refractivity contribution in [1.29, 1.82) is 0 Å². The molecule has 10 heavy (non-hydrogen) atoms. The summed E-state index contributed by atoms with van der Waals surface area (Å²) in [6.07, 6.45) is 6.29. The van der Waals surface area contributed by atoms with Gasteiger partial charge in [0.05, 0.1) is 6.10 Å². The summed E-state index contributed by atoms with van der Waals surface area (Å²) in [4.78, 5) is 0. The lowest BCUT2D eigenvalue weighted by molar-refractivity contribution is 0.209. The van der Waals surface area contributed by atoms with E-state index in [1.54, 1.807) is 12.2 Å². The van der Waals surface area contributed by atoms with Crippen LogP contribution in [0.4, 0.5) is 0 Å². The summed E-state index contributed by atoms with van der Waals surface area (Å²) in [7, 11) is 0. The zero-order chi connectivity index (χ0) is 7.82. The molecule has 0 fully saturated rings. The van der Waals surface area contributed by atoms with Gasteiger partial charge in [0.2, 0.25) is 0 Å². The van der Waals surface area contributed by atoms with Crippen molar-refractivity contribution in [2.24, 2.45) is 0 Å². The van der Waals surface area contributed by atoms with Gasteiger partial charge in [0, 0.05) is 0 Å². The Morgan fingerprint density at radius 1 is 1.60 bits per heavy atom. The Hall–Kier alpha value is -0.520. The molecule has 0 amide bonds. The zero-order valence-electron chi connectivity index (χ0n) is 6.80. The largest absolute Gasteiger partial charge is 0.388 e. The third-order valence-electron chi connectivity index (χ3n) is 1.31. The van der Waals surface area contributed by atoms with E-state index < -0.39 is 0 Å². The summed E-state index contributed by atoms with van der Waals surface area (Å²) < 4.78 is 0. The highest BCUT2D eigenvalue weighted by Crippen LogP contribution is 2.00. The Morgan fingerprint density at radius 3 is 2.80 bits per heavy atom. The molecule has 1 unspecified atom stereocenters. The van der Waals surface area contributed by atoms with Gasteiger partial charge in [-0.1, -0.05) is 19.8 Å². The van der Waals surface area contributed by atoms with Crippen LogP contribution in [0.15, 0.2) is 17.9 Å². The number of rotatable bonds is 4. The first-order valence-electron chi connectivity index (χ1n) is 3.86. The number of unbranched alkanes of at least 4 members (excludes halogenated alkanes) is 1. The molecule has 0 spiro atoms. The summed E-state index contributed by atoms with van der Waals surface area (Å²) in [5.74, 6) is 0. The van der Waals surface area contributed by atoms with Crippen molar-refractivity contribution in [2.75, 3.05) is 0 Å². The van der Waals surface area contributed by atoms with Gasteiger partial charge in [0.25, 0.3) is 0 Å². The van der Waals surface area contributed by atoms with Gasteiger partial charge in [0.15, 0.2) is 0 Å². The molecule has 0 aliphatic carbocycles. The standard InChI is InChI=1S/C9H16O/c1-3-5-7-9(10)8-6-4-2/h3,7,9-10H,4,6,8H2,1-2H3. The molecule has 0 radical (unpaired) electrons. The second-order valence-electron chi connectivity index (χ2n) is 2.33. The Kier molecular flexibility index (Phi) is 6.25. The maximum Gasteiger partial charge on any atom is 0.0794 e. The summed E-state index contributed by atoms with van der Waals surface area (Å²) >= 11 is 0. The van der Waals surface area contributed by atoms with E-state index >= 15 is 0 Å². The summed E-state index contributed by atoms with van der Waals surface area (Å²) in [6, 6.07) is 0. The maximum absolute atomic E-state index is 9.17. The van der Waals surface area contributed by atoms with Gasteiger partial charge in [0.1, 0.15) is 0 Å². The fourth-order valence-corrected chi connectivity index (χ4v) is 0.704. The number of hydrogen-bond donors (Lipinski definition) is 1. The van der Waals surface area contributed by atoms with Crippen molar-refractivity contribution < 1.29 is 5.11 Å². The van der Waals surface area contributed by atoms with Crippen LogP contribution in [0, 0.1) is 0 Å². The number of aliphatic hydroxyl groups excluding tert-OH is 1. The van der Waals surface area contributed by atoms with E-state index in [4.69, 9.17) is 0 Å². The molecule has 0 aromatic rings. The summed E-state index contributed by atoms with van der Waals surface area (Å²) in [5.41, 5.74) is 2.86. The van der Waals surface area contributed by atoms with Crippen molar-refractivity contribution in [2.45, 2.75) is 39.2 Å². The maximum atomic E-state index is 9.17. The van der Waals surface area contributed by atoms with E-state index in [1.807, 2.05) is 6.92 Å². The molecular weight excluding hydrogens is 124 g/mol. The van der Waals surface area contributed by atoms with Gasteiger partial charge in [-0.2, -0.15) is 0 Å². The van der Waals surface area contributed by atoms with Crippen molar-refractivity contribution in [3.63, 3.8) is 0 Å². The molecule has 0 rings (SSSR count). The minimum Gasteiger partial charge on any atom is -0.388 e. The van der Waals surface area contributed by atoms with Crippen molar-refractivity contribution in [3.05, 3.63) is 17.9 Å². The van der Waals surface area contributed by atoms with Crippen LogP contribution in [0.5, 0.6) is 0 Å². The Bertz CT molecular complexity index is 121. The van der Waals surface area contributed by atoms with Crippen LogP contribution in [0.2, 0.25) is 0 Å². The molecule has 0 bridgehead atoms. The minimum atomic E-state index is -0.295. The average Bonchev–Trinajstić information content (AvgIpc) is 1.97. The monoisotopic (exact) mass is 140 g/mol. The molecule has 1 atom stereocenters. The van der Waals surface area contributed by atoms with E-state index in [0.29, 0.717) is 0 Å². The summed E-state index contributed by atoms with van der Waals surface area (Å²) in [5, 5.41) is 9.17. The minimum absolute atomic E-state index is 0.295. The van der Waals surface area contributed by atoms with Gasteiger partial charge < -0.3 is 5.11 Å². The van der Waals surface area contributed by atoms with Crippen molar-refractivity contribution >= 4 is 0 Å². The molecule has 1 nitrogen and oxygen atoms in total. The van der Waals surface area contributed by atoms with E-state index in [9.17, 15) is 5.11 Å². The first-order chi connectivity index (χ1) is 4.81. The van der Waals surface area contributed by atoms with Crippen LogP contribution in [0.25, 0.3) is 0 Å². The Morgan fingerprint density at radius 2 is 2.30 bits per heavy atom. The molecule has 0 saturated carbocycles. The number of aliphatic hydroxyl groups is 1. The highest BCUT2D eigenvalue weighted by Gasteiger charge is 1.94. The lowest BCUT2D eigenvalue weighted by atomic mass is 10.1. The molecule has 0 aromatic carbocycles. The van der Waals surface area contributed by atoms with Gasteiger partial charge >= 0.3 is 0 Å². The predicted octanol–water partition coefficient (Wildman–Crippen LogP) is 2.27. The molecule has 58 valence electrons. The SMILES string of the molecule is CC=C=CC(O)CCCC. The van der Waals surface area contributed by atoms with E-state index in [2.05, 4.69) is 12.7 Å². The van der Waals surface area contributed by atoms with E-state index in [0.717, 1.165) is 19.3 Å². The van der Waals surface area contributed by atoms with Crippen LogP contribution in [0.3, 0.4) is 0 Å². The second kappa shape index (κ2) is 6.60. The fourth-order valence-electron chi connectivity index (χ4n) is 0.704. The quantitative estimate of drug-likeness (QED) is 0.594. The Labute approximate surface area is 63.1 Å². The molecule has 0 saturated heterocycles.